The standard InChI is InChI=1S/C21H24FN3/c1-13-4-5-20(19(22)7-13)24-16-8-14-3-2-6-25-12-15-10-23-11-18(15)17(9-16)21(14)25/h4-5,7-9,15,18,23-24H,2-3,6,10-12H2,1H3/t15-,18-/m1/s1. The Kier molecular flexibility index (Phi) is 3.49. The molecule has 4 heteroatoms. The van der Waals surface area contributed by atoms with Gasteiger partial charge in [0.05, 0.1) is 5.69 Å². The number of hydrogen-bond acceptors (Lipinski definition) is 3. The van der Waals surface area contributed by atoms with Crippen molar-refractivity contribution in [1.82, 2.24) is 5.32 Å². The predicted molar refractivity (Wildman–Crippen MR) is 100 cm³/mol. The molecule has 3 nitrogen and oxygen atoms in total. The molecule has 2 atom stereocenters. The van der Waals surface area contributed by atoms with Crippen LogP contribution in [0.5, 0.6) is 0 Å². The van der Waals surface area contributed by atoms with E-state index in [9.17, 15) is 4.39 Å². The summed E-state index contributed by atoms with van der Waals surface area (Å²) in [7, 11) is 0. The number of anilines is 3. The first kappa shape index (κ1) is 15.2. The summed E-state index contributed by atoms with van der Waals surface area (Å²) in [5, 5.41) is 6.90. The number of rotatable bonds is 2. The highest BCUT2D eigenvalue weighted by molar-refractivity contribution is 5.73. The van der Waals surface area contributed by atoms with Crippen LogP contribution in [0.2, 0.25) is 0 Å². The Morgan fingerprint density at radius 1 is 1.20 bits per heavy atom. The maximum atomic E-state index is 14.3. The van der Waals surface area contributed by atoms with Crippen molar-refractivity contribution in [3.05, 3.63) is 52.8 Å². The van der Waals surface area contributed by atoms with E-state index in [1.807, 2.05) is 19.1 Å². The second-order valence-corrected chi connectivity index (χ2v) is 7.76. The lowest BCUT2D eigenvalue weighted by atomic mass is 9.80. The van der Waals surface area contributed by atoms with E-state index < -0.39 is 0 Å². The zero-order chi connectivity index (χ0) is 17.0. The number of benzene rings is 2. The number of halogens is 1. The summed E-state index contributed by atoms with van der Waals surface area (Å²) >= 11 is 0. The van der Waals surface area contributed by atoms with E-state index in [0.717, 1.165) is 30.8 Å². The Morgan fingerprint density at radius 2 is 2.12 bits per heavy atom. The van der Waals surface area contributed by atoms with Crippen LogP contribution in [-0.2, 0) is 6.42 Å². The molecule has 0 aromatic heterocycles. The van der Waals surface area contributed by atoms with Crippen LogP contribution < -0.4 is 15.5 Å². The van der Waals surface area contributed by atoms with E-state index in [-0.39, 0.29) is 5.82 Å². The van der Waals surface area contributed by atoms with Gasteiger partial charge >= 0.3 is 0 Å². The Balaban J connectivity index is 1.57. The lowest BCUT2D eigenvalue weighted by Gasteiger charge is -2.42. The van der Waals surface area contributed by atoms with Crippen molar-refractivity contribution in [2.75, 3.05) is 36.4 Å². The quantitative estimate of drug-likeness (QED) is 0.869. The lowest BCUT2D eigenvalue weighted by Crippen LogP contribution is -2.41. The molecule has 130 valence electrons. The minimum Gasteiger partial charge on any atom is -0.371 e. The molecule has 5 rings (SSSR count). The second-order valence-electron chi connectivity index (χ2n) is 7.76. The maximum Gasteiger partial charge on any atom is 0.146 e. The van der Waals surface area contributed by atoms with Gasteiger partial charge in [0.1, 0.15) is 5.82 Å². The smallest absolute Gasteiger partial charge is 0.146 e. The van der Waals surface area contributed by atoms with E-state index in [4.69, 9.17) is 0 Å². The Hall–Kier alpha value is -2.07. The molecule has 0 unspecified atom stereocenters. The zero-order valence-corrected chi connectivity index (χ0v) is 14.6. The molecule has 0 radical (unpaired) electrons. The molecule has 2 aromatic carbocycles. The molecule has 0 saturated carbocycles. The largest absolute Gasteiger partial charge is 0.371 e. The monoisotopic (exact) mass is 337 g/mol. The van der Waals surface area contributed by atoms with Gasteiger partial charge in [-0.3, -0.25) is 0 Å². The summed E-state index contributed by atoms with van der Waals surface area (Å²) in [4.78, 5) is 2.58. The van der Waals surface area contributed by atoms with Crippen molar-refractivity contribution in [1.29, 1.82) is 0 Å². The van der Waals surface area contributed by atoms with Crippen LogP contribution in [0.15, 0.2) is 30.3 Å². The van der Waals surface area contributed by atoms with Crippen LogP contribution in [0.3, 0.4) is 0 Å². The molecule has 0 amide bonds. The molecule has 0 aliphatic carbocycles. The van der Waals surface area contributed by atoms with E-state index in [0.29, 0.717) is 17.5 Å². The van der Waals surface area contributed by atoms with Crippen molar-refractivity contribution in [2.45, 2.75) is 25.7 Å². The summed E-state index contributed by atoms with van der Waals surface area (Å²) in [6.07, 6.45) is 2.33. The van der Waals surface area contributed by atoms with Gasteiger partial charge in [0.15, 0.2) is 0 Å². The van der Waals surface area contributed by atoms with Gasteiger partial charge in [-0.2, -0.15) is 0 Å². The van der Waals surface area contributed by atoms with Crippen LogP contribution in [0.4, 0.5) is 21.5 Å². The summed E-state index contributed by atoms with van der Waals surface area (Å²) in [5.41, 5.74) is 6.86. The molecule has 2 aromatic rings. The molecule has 0 spiro atoms. The first-order valence-electron chi connectivity index (χ1n) is 9.35. The Labute approximate surface area is 148 Å². The number of aryl methyl sites for hydroxylation is 2. The van der Waals surface area contributed by atoms with Crippen molar-refractivity contribution >= 4 is 17.1 Å². The number of hydrogen-bond donors (Lipinski definition) is 2. The number of nitrogens with zero attached hydrogens (tertiary/aromatic N) is 1. The molecule has 25 heavy (non-hydrogen) atoms. The minimum atomic E-state index is -0.187. The molecule has 3 aliphatic heterocycles. The van der Waals surface area contributed by atoms with Gasteiger partial charge in [0.25, 0.3) is 0 Å². The highest BCUT2D eigenvalue weighted by atomic mass is 19.1. The predicted octanol–water partition coefficient (Wildman–Crippen LogP) is 3.95. The van der Waals surface area contributed by atoms with Gasteiger partial charge in [-0.05, 0) is 66.6 Å². The van der Waals surface area contributed by atoms with E-state index >= 15 is 0 Å². The highest BCUT2D eigenvalue weighted by Crippen LogP contribution is 2.46. The molecule has 1 saturated heterocycles. The first-order valence-corrected chi connectivity index (χ1v) is 9.35. The topological polar surface area (TPSA) is 27.3 Å². The molecular weight excluding hydrogens is 313 g/mol. The second kappa shape index (κ2) is 5.73. The van der Waals surface area contributed by atoms with Crippen LogP contribution in [0, 0.1) is 18.7 Å². The third kappa shape index (κ3) is 2.51. The fourth-order valence-electron chi connectivity index (χ4n) is 4.85. The first-order chi connectivity index (χ1) is 12.2. The van der Waals surface area contributed by atoms with Crippen LogP contribution in [0.25, 0.3) is 0 Å². The average molecular weight is 337 g/mol. The molecular formula is C21H24FN3. The number of fused-ring (bicyclic) bond motifs is 2. The van der Waals surface area contributed by atoms with Crippen LogP contribution >= 0.6 is 0 Å². The average Bonchev–Trinajstić information content (AvgIpc) is 3.06. The van der Waals surface area contributed by atoms with Gasteiger partial charge in [-0.1, -0.05) is 6.07 Å². The highest BCUT2D eigenvalue weighted by Gasteiger charge is 2.38. The minimum absolute atomic E-state index is 0.187. The van der Waals surface area contributed by atoms with Gasteiger partial charge < -0.3 is 15.5 Å². The summed E-state index contributed by atoms with van der Waals surface area (Å²) in [6.45, 7) is 6.44. The van der Waals surface area contributed by atoms with E-state index in [1.54, 1.807) is 6.07 Å². The zero-order valence-electron chi connectivity index (χ0n) is 14.6. The summed E-state index contributed by atoms with van der Waals surface area (Å²) in [5.74, 6) is 1.10. The van der Waals surface area contributed by atoms with Crippen molar-refractivity contribution < 1.29 is 4.39 Å². The van der Waals surface area contributed by atoms with Crippen LogP contribution in [-0.4, -0.2) is 26.2 Å². The van der Waals surface area contributed by atoms with Crippen molar-refractivity contribution in [3.8, 4) is 0 Å². The normalized spacial score (nSPS) is 24.0. The molecule has 3 heterocycles. The van der Waals surface area contributed by atoms with Crippen molar-refractivity contribution in [2.24, 2.45) is 5.92 Å². The summed E-state index contributed by atoms with van der Waals surface area (Å²) < 4.78 is 14.3. The Bertz CT molecular complexity index is 832. The molecule has 0 bridgehead atoms. The molecule has 2 N–H and O–H groups in total. The third-order valence-corrected chi connectivity index (χ3v) is 6.01. The third-order valence-electron chi connectivity index (χ3n) is 6.01. The van der Waals surface area contributed by atoms with E-state index in [2.05, 4.69) is 27.7 Å². The molecule has 1 fully saturated rings. The maximum absolute atomic E-state index is 14.3. The van der Waals surface area contributed by atoms with Gasteiger partial charge in [-0.25, -0.2) is 4.39 Å². The fourth-order valence-corrected chi connectivity index (χ4v) is 4.85. The van der Waals surface area contributed by atoms with Crippen molar-refractivity contribution in [3.63, 3.8) is 0 Å². The van der Waals surface area contributed by atoms with Gasteiger partial charge in [-0.15, -0.1) is 0 Å². The SMILES string of the molecule is Cc1ccc(Nc2cc3c4c(c2)[C@@H]2CNC[C@@H]2CN4CCC3)c(F)c1. The Morgan fingerprint density at radius 3 is 3.00 bits per heavy atom. The molecule has 3 aliphatic rings. The van der Waals surface area contributed by atoms with Crippen LogP contribution in [0.1, 0.15) is 29.0 Å². The summed E-state index contributed by atoms with van der Waals surface area (Å²) in [6, 6.07) is 9.87. The van der Waals surface area contributed by atoms with Gasteiger partial charge in [0.2, 0.25) is 0 Å². The fraction of sp³-hybridized carbons (Fsp3) is 0.429. The van der Waals surface area contributed by atoms with E-state index in [1.165, 1.54) is 36.3 Å². The number of nitrogens with one attached hydrogen (secondary N) is 2. The van der Waals surface area contributed by atoms with Gasteiger partial charge in [0, 0.05) is 43.5 Å². The lowest BCUT2D eigenvalue weighted by molar-refractivity contribution is 0.470.